The van der Waals surface area contributed by atoms with Gasteiger partial charge in [0.05, 0.1) is 12.2 Å². The topological polar surface area (TPSA) is 55.4 Å². The number of carbonyl (C=O) groups excluding carboxylic acids is 2. The van der Waals surface area contributed by atoms with Crippen LogP contribution in [0.15, 0.2) is 12.2 Å². The molecule has 1 N–H and O–H groups in total. The third kappa shape index (κ3) is 2.58. The fourth-order valence-corrected chi connectivity index (χ4v) is 4.50. The molecule has 2 aliphatic carbocycles. The second-order valence-electron chi connectivity index (χ2n) is 6.08. The van der Waals surface area contributed by atoms with E-state index in [0.29, 0.717) is 29.0 Å². The molecule has 118 valence electrons. The van der Waals surface area contributed by atoms with Crippen LogP contribution in [0.3, 0.4) is 0 Å². The molecule has 1 fully saturated rings. The van der Waals surface area contributed by atoms with Crippen molar-refractivity contribution < 1.29 is 14.3 Å². The molecule has 1 saturated carbocycles. The molecule has 1 amide bonds. The first-order valence-corrected chi connectivity index (χ1v) is 8.59. The summed E-state index contributed by atoms with van der Waals surface area (Å²) in [6.07, 6.45) is 6.39. The first-order valence-electron chi connectivity index (χ1n) is 7.77. The average Bonchev–Trinajstić information content (AvgIpc) is 3.15. The van der Waals surface area contributed by atoms with Crippen molar-refractivity contribution in [3.05, 3.63) is 28.2 Å². The zero-order valence-electron chi connectivity index (χ0n) is 13.1. The number of fused-ring (bicyclic) bond motifs is 2. The third-order valence-electron chi connectivity index (χ3n) is 4.72. The van der Waals surface area contributed by atoms with E-state index in [4.69, 9.17) is 4.74 Å². The van der Waals surface area contributed by atoms with Crippen LogP contribution in [0.4, 0.5) is 5.00 Å². The van der Waals surface area contributed by atoms with Crippen molar-refractivity contribution >= 4 is 28.2 Å². The smallest absolute Gasteiger partial charge is 0.341 e. The number of esters is 1. The minimum absolute atomic E-state index is 0.0312. The van der Waals surface area contributed by atoms with Crippen molar-refractivity contribution in [1.82, 2.24) is 0 Å². The highest BCUT2D eigenvalue weighted by atomic mass is 32.1. The molecule has 0 aromatic carbocycles. The largest absolute Gasteiger partial charge is 0.462 e. The Morgan fingerprint density at radius 3 is 2.68 bits per heavy atom. The number of nitrogens with one attached hydrogen (secondary N) is 1. The Hall–Kier alpha value is -1.62. The van der Waals surface area contributed by atoms with E-state index in [2.05, 4.69) is 17.5 Å². The fraction of sp³-hybridized carbons (Fsp3) is 0.529. The van der Waals surface area contributed by atoms with Gasteiger partial charge in [-0.25, -0.2) is 4.79 Å². The summed E-state index contributed by atoms with van der Waals surface area (Å²) in [5.41, 5.74) is 1.41. The SMILES string of the molecule is CCOC(=O)c1c(NC(=O)[C@H]2C[C@@H]3C=C[C@H]2C3)sc(C)c1C. The maximum atomic E-state index is 12.6. The molecule has 3 rings (SSSR count). The molecule has 1 aromatic heterocycles. The summed E-state index contributed by atoms with van der Waals surface area (Å²) in [6, 6.07) is 0. The van der Waals surface area contributed by atoms with E-state index in [1.54, 1.807) is 6.92 Å². The average molecular weight is 319 g/mol. The molecule has 0 saturated heterocycles. The lowest BCUT2D eigenvalue weighted by Crippen LogP contribution is -2.26. The normalized spacial score (nSPS) is 25.5. The van der Waals surface area contributed by atoms with Gasteiger partial charge in [0.15, 0.2) is 0 Å². The molecule has 5 heteroatoms. The van der Waals surface area contributed by atoms with E-state index in [9.17, 15) is 9.59 Å². The predicted octanol–water partition coefficient (Wildman–Crippen LogP) is 3.69. The molecule has 2 bridgehead atoms. The van der Waals surface area contributed by atoms with E-state index in [-0.39, 0.29) is 17.8 Å². The van der Waals surface area contributed by atoms with E-state index in [0.717, 1.165) is 23.3 Å². The van der Waals surface area contributed by atoms with E-state index in [1.807, 2.05) is 13.8 Å². The van der Waals surface area contributed by atoms with Gasteiger partial charge in [-0.15, -0.1) is 11.3 Å². The van der Waals surface area contributed by atoms with Gasteiger partial charge in [0.25, 0.3) is 0 Å². The van der Waals surface area contributed by atoms with Gasteiger partial charge in [-0.05, 0) is 51.0 Å². The number of aryl methyl sites for hydroxylation is 1. The summed E-state index contributed by atoms with van der Waals surface area (Å²) >= 11 is 1.45. The Bertz CT molecular complexity index is 647. The molecule has 0 radical (unpaired) electrons. The third-order valence-corrected chi connectivity index (χ3v) is 5.84. The predicted molar refractivity (Wildman–Crippen MR) is 87.2 cm³/mol. The molecule has 3 atom stereocenters. The highest BCUT2D eigenvalue weighted by Crippen LogP contribution is 2.44. The van der Waals surface area contributed by atoms with Crippen LogP contribution in [0.2, 0.25) is 0 Å². The van der Waals surface area contributed by atoms with Crippen LogP contribution in [-0.4, -0.2) is 18.5 Å². The highest BCUT2D eigenvalue weighted by Gasteiger charge is 2.40. The number of amides is 1. The monoisotopic (exact) mass is 319 g/mol. The van der Waals surface area contributed by atoms with Gasteiger partial charge < -0.3 is 10.1 Å². The standard InChI is InChI=1S/C17H21NO3S/c1-4-21-17(20)14-9(2)10(3)22-16(14)18-15(19)13-8-11-5-6-12(13)7-11/h5-6,11-13H,4,7-8H2,1-3H3,(H,18,19)/t11-,12+,13+/m1/s1. The zero-order chi connectivity index (χ0) is 15.9. The van der Waals surface area contributed by atoms with Crippen LogP contribution < -0.4 is 5.32 Å². The number of ether oxygens (including phenoxy) is 1. The summed E-state index contributed by atoms with van der Waals surface area (Å²) in [4.78, 5) is 25.8. The molecule has 0 aliphatic heterocycles. The molecule has 1 heterocycles. The summed E-state index contributed by atoms with van der Waals surface area (Å²) < 4.78 is 5.12. The Balaban J connectivity index is 1.80. The van der Waals surface area contributed by atoms with Gasteiger partial charge in [-0.2, -0.15) is 0 Å². The second kappa shape index (κ2) is 5.88. The van der Waals surface area contributed by atoms with Gasteiger partial charge in [-0.3, -0.25) is 4.79 Å². The van der Waals surface area contributed by atoms with Gasteiger partial charge in [0, 0.05) is 10.8 Å². The molecule has 1 aromatic rings. The maximum absolute atomic E-state index is 12.6. The lowest BCUT2D eigenvalue weighted by molar-refractivity contribution is -0.120. The summed E-state index contributed by atoms with van der Waals surface area (Å²) in [5.74, 6) is 0.624. The van der Waals surface area contributed by atoms with Gasteiger partial charge in [0.2, 0.25) is 5.91 Å². The van der Waals surface area contributed by atoms with Crippen LogP contribution in [0.1, 0.15) is 40.6 Å². The number of rotatable bonds is 4. The van der Waals surface area contributed by atoms with Gasteiger partial charge >= 0.3 is 5.97 Å². The van der Waals surface area contributed by atoms with Crippen LogP contribution in [0, 0.1) is 31.6 Å². The lowest BCUT2D eigenvalue weighted by Gasteiger charge is -2.17. The molecule has 2 aliphatic rings. The second-order valence-corrected chi connectivity index (χ2v) is 7.31. The quantitative estimate of drug-likeness (QED) is 0.680. The molecule has 0 spiro atoms. The number of hydrogen-bond donors (Lipinski definition) is 1. The number of allylic oxidation sites excluding steroid dienone is 2. The Labute approximate surface area is 134 Å². The molecule has 0 unspecified atom stereocenters. The Kier molecular flexibility index (Phi) is 4.08. The number of anilines is 1. The van der Waals surface area contributed by atoms with Crippen molar-refractivity contribution in [2.24, 2.45) is 17.8 Å². The zero-order valence-corrected chi connectivity index (χ0v) is 14.0. The number of carbonyl (C=O) groups is 2. The summed E-state index contributed by atoms with van der Waals surface area (Å²) in [5, 5.41) is 3.61. The van der Waals surface area contributed by atoms with E-state index in [1.165, 1.54) is 11.3 Å². The van der Waals surface area contributed by atoms with Crippen LogP contribution in [0.5, 0.6) is 0 Å². The fourth-order valence-electron chi connectivity index (χ4n) is 3.45. The molecule has 22 heavy (non-hydrogen) atoms. The van der Waals surface area contributed by atoms with Crippen LogP contribution >= 0.6 is 11.3 Å². The lowest BCUT2D eigenvalue weighted by atomic mass is 9.93. The molecule has 4 nitrogen and oxygen atoms in total. The van der Waals surface area contributed by atoms with Crippen LogP contribution in [-0.2, 0) is 9.53 Å². The van der Waals surface area contributed by atoms with E-state index >= 15 is 0 Å². The van der Waals surface area contributed by atoms with Crippen molar-refractivity contribution in [2.75, 3.05) is 11.9 Å². The maximum Gasteiger partial charge on any atom is 0.341 e. The van der Waals surface area contributed by atoms with E-state index < -0.39 is 0 Å². The van der Waals surface area contributed by atoms with Crippen LogP contribution in [0.25, 0.3) is 0 Å². The van der Waals surface area contributed by atoms with Gasteiger partial charge in [0.1, 0.15) is 5.00 Å². The number of hydrogen-bond acceptors (Lipinski definition) is 4. The number of thiophene rings is 1. The highest BCUT2D eigenvalue weighted by molar-refractivity contribution is 7.16. The minimum atomic E-state index is -0.354. The summed E-state index contributed by atoms with van der Waals surface area (Å²) in [6.45, 7) is 5.97. The van der Waals surface area contributed by atoms with Gasteiger partial charge in [-0.1, -0.05) is 12.2 Å². The minimum Gasteiger partial charge on any atom is -0.462 e. The van der Waals surface area contributed by atoms with Crippen molar-refractivity contribution in [3.63, 3.8) is 0 Å². The Morgan fingerprint density at radius 2 is 2.09 bits per heavy atom. The molecular formula is C17H21NO3S. The van der Waals surface area contributed by atoms with Crippen molar-refractivity contribution in [3.8, 4) is 0 Å². The first-order chi connectivity index (χ1) is 10.5. The first kappa shape index (κ1) is 15.3. The van der Waals surface area contributed by atoms with Crippen molar-refractivity contribution in [1.29, 1.82) is 0 Å². The summed E-state index contributed by atoms with van der Waals surface area (Å²) in [7, 11) is 0. The molecular weight excluding hydrogens is 298 g/mol. The van der Waals surface area contributed by atoms with Crippen molar-refractivity contribution in [2.45, 2.75) is 33.6 Å². The Morgan fingerprint density at radius 1 is 1.32 bits per heavy atom.